The SMILES string of the molecule is C#CC#CC#CC#CC#CC#CC#CC#CC#CC#CC#CCC(CC)C1C(=O)N(C2CC(C)(C)NC(C)(C)C2)C(=O)C1C. The van der Waals surface area contributed by atoms with Crippen molar-refractivity contribution in [3.05, 3.63) is 0 Å². The molecule has 214 valence electrons. The summed E-state index contributed by atoms with van der Waals surface area (Å²) >= 11 is 0. The van der Waals surface area contributed by atoms with Gasteiger partial charge in [-0.2, -0.15) is 0 Å². The molecule has 0 radical (unpaired) electrons. The van der Waals surface area contributed by atoms with Crippen molar-refractivity contribution in [3.63, 3.8) is 0 Å². The highest BCUT2D eigenvalue weighted by molar-refractivity contribution is 6.05. The first-order chi connectivity index (χ1) is 21.0. The molecule has 0 spiro atoms. The van der Waals surface area contributed by atoms with Gasteiger partial charge in [0.2, 0.25) is 11.8 Å². The molecule has 2 fully saturated rings. The number of nitrogens with zero attached hydrogens (tertiary/aromatic N) is 1. The molecular formula is C40H32N2O2. The third kappa shape index (κ3) is 11.3. The molecule has 2 amide bonds. The van der Waals surface area contributed by atoms with Crippen LogP contribution in [0.3, 0.4) is 0 Å². The minimum atomic E-state index is -0.372. The first-order valence-corrected chi connectivity index (χ1v) is 14.1. The van der Waals surface area contributed by atoms with Gasteiger partial charge in [-0.3, -0.25) is 14.5 Å². The summed E-state index contributed by atoms with van der Waals surface area (Å²) in [5, 5.41) is 3.63. The summed E-state index contributed by atoms with van der Waals surface area (Å²) in [5.41, 5.74) is -0.329. The largest absolute Gasteiger partial charge is 0.307 e. The number of amides is 2. The lowest BCUT2D eigenvalue weighted by molar-refractivity contribution is -0.144. The molecule has 0 aromatic rings. The molecule has 2 aliphatic rings. The monoisotopic (exact) mass is 572 g/mol. The number of carbonyl (C=O) groups excluding carboxylic acids is 2. The second kappa shape index (κ2) is 17.3. The number of likely N-dealkylation sites (tertiary alicyclic amines) is 1. The van der Waals surface area contributed by atoms with Crippen molar-refractivity contribution in [2.75, 3.05) is 0 Å². The molecule has 0 saturated carbocycles. The Morgan fingerprint density at radius 1 is 0.705 bits per heavy atom. The maximum absolute atomic E-state index is 13.6. The molecule has 1 N–H and O–H groups in total. The average Bonchev–Trinajstić information content (AvgIpc) is 3.17. The van der Waals surface area contributed by atoms with E-state index in [2.05, 4.69) is 157 Å². The van der Waals surface area contributed by atoms with E-state index in [1.165, 1.54) is 0 Å². The van der Waals surface area contributed by atoms with Crippen molar-refractivity contribution in [2.24, 2.45) is 17.8 Å². The fraction of sp³-hybridized carbons (Fsp3) is 0.400. The van der Waals surface area contributed by atoms with E-state index in [4.69, 9.17) is 6.42 Å². The first-order valence-electron chi connectivity index (χ1n) is 14.1. The van der Waals surface area contributed by atoms with Gasteiger partial charge in [0.1, 0.15) is 0 Å². The number of imide groups is 1. The van der Waals surface area contributed by atoms with Crippen LogP contribution < -0.4 is 5.32 Å². The standard InChI is InChI=1S/C40H32N2O2/c1-8-10-11-12-13-14-15-16-17-18-19-20-21-22-23-24-25-26-27-28-29-30-34(9-2)36-33(3)37(43)42(38(36)44)35-31-39(4,5)41-40(6,7)32-35/h1,33-36,41H,9,30-32H2,2-7H3. The Balaban J connectivity index is 1.92. The zero-order chi connectivity index (χ0) is 32.4. The van der Waals surface area contributed by atoms with E-state index in [-0.39, 0.29) is 46.7 Å². The smallest absolute Gasteiger partial charge is 0.233 e. The van der Waals surface area contributed by atoms with Gasteiger partial charge in [-0.15, -0.1) is 6.42 Å². The molecule has 4 nitrogen and oxygen atoms in total. The van der Waals surface area contributed by atoms with Crippen LogP contribution in [0.2, 0.25) is 0 Å². The van der Waals surface area contributed by atoms with Crippen molar-refractivity contribution in [2.45, 2.75) is 84.3 Å². The van der Waals surface area contributed by atoms with Crippen LogP contribution in [-0.2, 0) is 9.59 Å². The summed E-state index contributed by atoms with van der Waals surface area (Å²) in [6, 6.07) is -0.110. The highest BCUT2D eigenvalue weighted by atomic mass is 16.2. The molecule has 0 aromatic carbocycles. The normalized spacial score (nSPS) is 18.8. The quantitative estimate of drug-likeness (QED) is 0.417. The summed E-state index contributed by atoms with van der Waals surface area (Å²) in [6.45, 7) is 12.4. The predicted molar refractivity (Wildman–Crippen MR) is 174 cm³/mol. The molecule has 0 aliphatic carbocycles. The second-order valence-electron chi connectivity index (χ2n) is 11.4. The fourth-order valence-electron chi connectivity index (χ4n) is 5.60. The van der Waals surface area contributed by atoms with Crippen LogP contribution >= 0.6 is 0 Å². The molecule has 4 heteroatoms. The Bertz CT molecular complexity index is 1840. The van der Waals surface area contributed by atoms with Gasteiger partial charge in [-0.05, 0) is 141 Å². The Labute approximate surface area is 264 Å². The van der Waals surface area contributed by atoms with Crippen molar-refractivity contribution in [3.8, 4) is 131 Å². The average molecular weight is 573 g/mol. The van der Waals surface area contributed by atoms with Crippen molar-refractivity contribution in [1.82, 2.24) is 10.2 Å². The zero-order valence-corrected chi connectivity index (χ0v) is 26.0. The molecule has 2 saturated heterocycles. The summed E-state index contributed by atoms with van der Waals surface area (Å²) in [5.74, 6) is 52.5. The molecular weight excluding hydrogens is 540 g/mol. The highest BCUT2D eigenvalue weighted by Crippen LogP contribution is 2.40. The number of hydrogen-bond donors (Lipinski definition) is 1. The predicted octanol–water partition coefficient (Wildman–Crippen LogP) is 3.00. The molecule has 3 atom stereocenters. The lowest BCUT2D eigenvalue weighted by Gasteiger charge is -2.48. The Hall–Kier alpha value is -5.74. The molecule has 2 heterocycles. The van der Waals surface area contributed by atoms with E-state index in [0.717, 1.165) is 19.3 Å². The van der Waals surface area contributed by atoms with Crippen LogP contribution in [0, 0.1) is 149 Å². The van der Waals surface area contributed by atoms with Crippen molar-refractivity contribution >= 4 is 11.8 Å². The minimum Gasteiger partial charge on any atom is -0.307 e. The minimum absolute atomic E-state index is 0.0276. The van der Waals surface area contributed by atoms with E-state index < -0.39 is 0 Å². The number of piperidine rings is 1. The summed E-state index contributed by atoms with van der Waals surface area (Å²) < 4.78 is 0. The number of nitrogens with one attached hydrogen (secondary N) is 1. The molecule has 2 rings (SSSR count). The van der Waals surface area contributed by atoms with Gasteiger partial charge in [-0.25, -0.2) is 0 Å². The van der Waals surface area contributed by atoms with Gasteiger partial charge in [-0.1, -0.05) is 26.2 Å². The van der Waals surface area contributed by atoms with E-state index in [0.29, 0.717) is 6.42 Å². The molecule has 0 bridgehead atoms. The van der Waals surface area contributed by atoms with Crippen LogP contribution in [0.5, 0.6) is 0 Å². The number of hydrogen-bond acceptors (Lipinski definition) is 3. The Kier molecular flexibility index (Phi) is 13.5. The highest BCUT2D eigenvalue weighted by Gasteiger charge is 2.52. The van der Waals surface area contributed by atoms with E-state index in [9.17, 15) is 9.59 Å². The van der Waals surface area contributed by atoms with Gasteiger partial charge < -0.3 is 5.32 Å². The van der Waals surface area contributed by atoms with E-state index >= 15 is 0 Å². The summed E-state index contributed by atoms with van der Waals surface area (Å²) in [7, 11) is 0. The topological polar surface area (TPSA) is 49.4 Å². The third-order valence-corrected chi connectivity index (χ3v) is 6.90. The fourth-order valence-corrected chi connectivity index (χ4v) is 5.60. The lowest BCUT2D eigenvalue weighted by atomic mass is 9.79. The second-order valence-corrected chi connectivity index (χ2v) is 11.4. The van der Waals surface area contributed by atoms with Crippen LogP contribution in [0.15, 0.2) is 0 Å². The van der Waals surface area contributed by atoms with Crippen molar-refractivity contribution < 1.29 is 9.59 Å². The zero-order valence-electron chi connectivity index (χ0n) is 26.0. The molecule has 3 unspecified atom stereocenters. The maximum atomic E-state index is 13.6. The lowest BCUT2D eigenvalue weighted by Crippen LogP contribution is -2.63. The van der Waals surface area contributed by atoms with Crippen LogP contribution in [-0.4, -0.2) is 33.8 Å². The number of terminal acetylenes is 1. The Morgan fingerprint density at radius 3 is 1.48 bits per heavy atom. The molecule has 2 aliphatic heterocycles. The number of rotatable bonds is 4. The van der Waals surface area contributed by atoms with Crippen LogP contribution in [0.25, 0.3) is 0 Å². The third-order valence-electron chi connectivity index (χ3n) is 6.90. The van der Waals surface area contributed by atoms with Gasteiger partial charge in [0.15, 0.2) is 0 Å². The first kappa shape index (κ1) is 34.5. The van der Waals surface area contributed by atoms with E-state index in [1.807, 2.05) is 13.8 Å². The maximum Gasteiger partial charge on any atom is 0.233 e. The molecule has 44 heavy (non-hydrogen) atoms. The van der Waals surface area contributed by atoms with Gasteiger partial charge >= 0.3 is 0 Å². The Morgan fingerprint density at radius 2 is 1.09 bits per heavy atom. The number of carbonyl (C=O) groups is 2. The van der Waals surface area contributed by atoms with Crippen molar-refractivity contribution in [1.29, 1.82) is 0 Å². The molecule has 0 aromatic heterocycles. The summed E-state index contributed by atoms with van der Waals surface area (Å²) in [6.07, 6.45) is 7.65. The van der Waals surface area contributed by atoms with Crippen LogP contribution in [0.4, 0.5) is 0 Å². The van der Waals surface area contributed by atoms with Crippen LogP contribution in [0.1, 0.15) is 67.2 Å². The van der Waals surface area contributed by atoms with E-state index in [1.54, 1.807) is 4.90 Å². The van der Waals surface area contributed by atoms with Gasteiger partial charge in [0.05, 0.1) is 5.92 Å². The van der Waals surface area contributed by atoms with Gasteiger partial charge in [0, 0.05) is 53.1 Å². The summed E-state index contributed by atoms with van der Waals surface area (Å²) in [4.78, 5) is 28.5. The van der Waals surface area contributed by atoms with Gasteiger partial charge in [0.25, 0.3) is 0 Å².